The summed E-state index contributed by atoms with van der Waals surface area (Å²) in [6, 6.07) is 59.4. The third-order valence-electron chi connectivity index (χ3n) is 9.60. The summed E-state index contributed by atoms with van der Waals surface area (Å²) in [5, 5.41) is 0. The van der Waals surface area contributed by atoms with Crippen molar-refractivity contribution in [2.45, 2.75) is 55.9 Å². The number of benzene rings is 8. The molecule has 0 bridgehead atoms. The molecule has 0 fully saturated rings. The van der Waals surface area contributed by atoms with Gasteiger partial charge in [-0.2, -0.15) is 0 Å². The molecule has 0 aliphatic rings. The lowest BCUT2D eigenvalue weighted by Gasteiger charge is -2.10. The minimum atomic E-state index is -3.73. The number of rotatable bonds is 14. The molecule has 304 valence electrons. The molecule has 61 heavy (non-hydrogen) atoms. The first-order valence-corrected chi connectivity index (χ1v) is 24.5. The van der Waals surface area contributed by atoms with Gasteiger partial charge in [0, 0.05) is 29.4 Å². The average Bonchev–Trinajstić information content (AvgIpc) is 3.29. The van der Waals surface area contributed by atoms with Crippen LogP contribution in [-0.4, -0.2) is 23.9 Å². The average molecular weight is 895 g/mol. The molecule has 0 heterocycles. The molecular weight excluding hydrogens is 857 g/mol. The molecule has 0 unspecified atom stereocenters. The molecule has 0 radical (unpaired) electrons. The van der Waals surface area contributed by atoms with Crippen molar-refractivity contribution in [2.75, 3.05) is 7.11 Å². The highest BCUT2D eigenvalue weighted by molar-refractivity contribution is 8.00. The zero-order chi connectivity index (χ0) is 42.4. The molecule has 0 aliphatic carbocycles. The molecule has 0 N–H and O–H groups in total. The second-order valence-corrected chi connectivity index (χ2v) is 21.2. The minimum Gasteiger partial charge on any atom is -0.497 e. The Balaban J connectivity index is 0.834. The van der Waals surface area contributed by atoms with Crippen LogP contribution in [0.1, 0.15) is 5.56 Å². The number of aryl methyl sites for hydroxylation is 1. The highest BCUT2D eigenvalue weighted by Gasteiger charge is 2.19. The molecule has 11 heteroatoms. The van der Waals surface area contributed by atoms with Crippen molar-refractivity contribution >= 4 is 55.0 Å². The maximum atomic E-state index is 13.5. The number of hydrogen-bond acceptors (Lipinski definition) is 9. The first-order valence-electron chi connectivity index (χ1n) is 19.0. The quantitative estimate of drug-likeness (QED) is 0.106. The highest BCUT2D eigenvalue weighted by atomic mass is 32.2. The van der Waals surface area contributed by atoms with Crippen LogP contribution >= 0.6 is 35.3 Å². The molecular formula is C50H38O6S5. The van der Waals surface area contributed by atoms with E-state index in [-0.39, 0.29) is 19.6 Å². The SMILES string of the molecule is COc1ccc(Sc2ccc(Oc3ccc(S(=O)(=O)c4ccc(Sc5ccc(-c6ccc(Sc7ccc(S(=O)(=O)c8ccc(C)cc8)cc7)cc6)cc5)cc4)cc3)cc2)cc1. The summed E-state index contributed by atoms with van der Waals surface area (Å²) in [5.74, 6) is 2.01. The largest absolute Gasteiger partial charge is 0.497 e. The predicted molar refractivity (Wildman–Crippen MR) is 245 cm³/mol. The van der Waals surface area contributed by atoms with Crippen LogP contribution in [0.15, 0.2) is 243 Å². The fourth-order valence-corrected chi connectivity index (χ4v) is 11.2. The van der Waals surface area contributed by atoms with Crippen molar-refractivity contribution in [3.8, 4) is 28.4 Å². The fraction of sp³-hybridized carbons (Fsp3) is 0.0400. The first-order chi connectivity index (χ1) is 29.5. The van der Waals surface area contributed by atoms with E-state index in [1.165, 1.54) is 0 Å². The molecule has 0 saturated heterocycles. The van der Waals surface area contributed by atoms with Crippen LogP contribution in [0, 0.1) is 6.92 Å². The maximum Gasteiger partial charge on any atom is 0.206 e. The Hall–Kier alpha value is -5.69. The molecule has 0 atom stereocenters. The topological polar surface area (TPSA) is 86.7 Å². The smallest absolute Gasteiger partial charge is 0.206 e. The number of sulfone groups is 2. The molecule has 8 rings (SSSR count). The molecule has 0 saturated carbocycles. The van der Waals surface area contributed by atoms with E-state index < -0.39 is 19.7 Å². The van der Waals surface area contributed by atoms with Gasteiger partial charge in [-0.15, -0.1) is 0 Å². The summed E-state index contributed by atoms with van der Waals surface area (Å²) in [5.41, 5.74) is 3.15. The summed E-state index contributed by atoms with van der Waals surface area (Å²) in [6.07, 6.45) is 0. The highest BCUT2D eigenvalue weighted by Crippen LogP contribution is 2.35. The monoisotopic (exact) mass is 894 g/mol. The standard InChI is InChI=1S/C50H38O6S5/c1-35-3-27-47(28-4-35)60(51,52)49-31-23-45(24-32-49)57-41-15-5-36(6-16-41)37-7-17-42(18-8-37)58-46-25-33-50(34-26-46)61(53,54)48-29-13-40(14-30-48)56-39-11-21-44(22-12-39)59-43-19-9-38(55-2)10-20-43/h3-34H,1-2H3. The molecule has 8 aromatic rings. The minimum absolute atomic E-state index is 0.189. The Morgan fingerprint density at radius 1 is 0.328 bits per heavy atom. The lowest BCUT2D eigenvalue weighted by atomic mass is 10.1. The van der Waals surface area contributed by atoms with Gasteiger partial charge < -0.3 is 9.47 Å². The van der Waals surface area contributed by atoms with Gasteiger partial charge >= 0.3 is 0 Å². The summed E-state index contributed by atoms with van der Waals surface area (Å²) < 4.78 is 64.3. The molecule has 0 aliphatic heterocycles. The number of hydrogen-bond donors (Lipinski definition) is 0. The van der Waals surface area contributed by atoms with Crippen LogP contribution in [0.4, 0.5) is 0 Å². The van der Waals surface area contributed by atoms with Crippen molar-refractivity contribution in [1.29, 1.82) is 0 Å². The van der Waals surface area contributed by atoms with Crippen LogP contribution in [0.25, 0.3) is 11.1 Å². The van der Waals surface area contributed by atoms with Crippen molar-refractivity contribution in [2.24, 2.45) is 0 Å². The van der Waals surface area contributed by atoms with E-state index in [2.05, 4.69) is 48.5 Å². The van der Waals surface area contributed by atoms with Gasteiger partial charge in [0.15, 0.2) is 0 Å². The summed E-state index contributed by atoms with van der Waals surface area (Å²) in [4.78, 5) is 7.06. The second kappa shape index (κ2) is 18.5. The molecule has 0 aromatic heterocycles. The Bertz CT molecular complexity index is 2960. The van der Waals surface area contributed by atoms with Gasteiger partial charge in [0.05, 0.1) is 26.7 Å². The van der Waals surface area contributed by atoms with E-state index in [1.807, 2.05) is 79.7 Å². The van der Waals surface area contributed by atoms with Crippen molar-refractivity contribution in [1.82, 2.24) is 0 Å². The predicted octanol–water partition coefficient (Wildman–Crippen LogP) is 13.6. The summed E-state index contributed by atoms with van der Waals surface area (Å²) in [7, 11) is -5.66. The summed E-state index contributed by atoms with van der Waals surface area (Å²) in [6.45, 7) is 1.93. The van der Waals surface area contributed by atoms with E-state index in [4.69, 9.17) is 9.47 Å². The second-order valence-electron chi connectivity index (χ2n) is 13.8. The Morgan fingerprint density at radius 3 is 0.902 bits per heavy atom. The van der Waals surface area contributed by atoms with Gasteiger partial charge in [0.2, 0.25) is 19.7 Å². The van der Waals surface area contributed by atoms with Gasteiger partial charge in [-0.05, 0) is 176 Å². The van der Waals surface area contributed by atoms with Crippen LogP contribution in [-0.2, 0) is 19.7 Å². The van der Waals surface area contributed by atoms with Crippen molar-refractivity contribution < 1.29 is 26.3 Å². The first kappa shape index (κ1) is 42.0. The van der Waals surface area contributed by atoms with Gasteiger partial charge in [-0.1, -0.05) is 77.2 Å². The van der Waals surface area contributed by atoms with Gasteiger partial charge in [-0.25, -0.2) is 16.8 Å². The fourth-order valence-electron chi connectivity index (χ4n) is 6.24. The normalized spacial score (nSPS) is 11.6. The van der Waals surface area contributed by atoms with Crippen molar-refractivity contribution in [3.05, 3.63) is 200 Å². The Labute approximate surface area is 369 Å². The molecule has 0 spiro atoms. The maximum absolute atomic E-state index is 13.5. The van der Waals surface area contributed by atoms with E-state index in [0.717, 1.165) is 51.8 Å². The zero-order valence-corrected chi connectivity index (χ0v) is 37.0. The van der Waals surface area contributed by atoms with Gasteiger partial charge in [0.1, 0.15) is 17.2 Å². The van der Waals surface area contributed by atoms with E-state index in [9.17, 15) is 16.8 Å². The number of ether oxygens (including phenoxy) is 2. The van der Waals surface area contributed by atoms with Gasteiger partial charge in [0.25, 0.3) is 0 Å². The zero-order valence-electron chi connectivity index (χ0n) is 33.0. The number of methoxy groups -OCH3 is 1. The summed E-state index contributed by atoms with van der Waals surface area (Å²) >= 11 is 4.77. The molecule has 6 nitrogen and oxygen atoms in total. The lowest BCUT2D eigenvalue weighted by Crippen LogP contribution is -2.01. The lowest BCUT2D eigenvalue weighted by molar-refractivity contribution is 0.414. The molecule has 0 amide bonds. The van der Waals surface area contributed by atoms with Gasteiger partial charge in [-0.3, -0.25) is 0 Å². The van der Waals surface area contributed by atoms with Crippen molar-refractivity contribution in [3.63, 3.8) is 0 Å². The Morgan fingerprint density at radius 2 is 0.574 bits per heavy atom. The van der Waals surface area contributed by atoms with Crippen LogP contribution in [0.5, 0.6) is 17.2 Å². The van der Waals surface area contributed by atoms with E-state index in [1.54, 1.807) is 115 Å². The van der Waals surface area contributed by atoms with Crippen LogP contribution in [0.2, 0.25) is 0 Å². The third kappa shape index (κ3) is 10.3. The Kier molecular flexibility index (Phi) is 12.8. The van der Waals surface area contributed by atoms with Crippen LogP contribution in [0.3, 0.4) is 0 Å². The third-order valence-corrected chi connectivity index (χ3v) is 16.2. The van der Waals surface area contributed by atoms with E-state index in [0.29, 0.717) is 11.5 Å². The molecule has 8 aromatic carbocycles. The van der Waals surface area contributed by atoms with E-state index >= 15 is 0 Å². The van der Waals surface area contributed by atoms with Crippen LogP contribution < -0.4 is 9.47 Å².